The lowest BCUT2D eigenvalue weighted by atomic mass is 10.1. The van der Waals surface area contributed by atoms with E-state index in [1.54, 1.807) is 71.4 Å². The molecule has 0 aliphatic carbocycles. The van der Waals surface area contributed by atoms with Gasteiger partial charge >= 0.3 is 0 Å². The van der Waals surface area contributed by atoms with Gasteiger partial charge in [0.15, 0.2) is 5.11 Å². The standard InChI is InChI=1S/C21H14ClN3O3S/c22-17-5-1-2-6-18(17)25-20(28)16(19(27)23-21(25)29)12-14-4-3-11-24(14)13-7-9-15(26)10-8-13/h1-12,26H,(H,23,27,29). The van der Waals surface area contributed by atoms with E-state index in [1.807, 2.05) is 0 Å². The number of phenols is 1. The maximum Gasteiger partial charge on any atom is 0.270 e. The van der Waals surface area contributed by atoms with Gasteiger partial charge in [-0.25, -0.2) is 0 Å². The van der Waals surface area contributed by atoms with Gasteiger partial charge in [0, 0.05) is 17.6 Å². The van der Waals surface area contributed by atoms with E-state index in [-0.39, 0.29) is 16.4 Å². The number of aromatic nitrogens is 1. The number of carbonyl (C=O) groups is 2. The maximum absolute atomic E-state index is 13.1. The summed E-state index contributed by atoms with van der Waals surface area (Å²) in [5.74, 6) is -1.00. The van der Waals surface area contributed by atoms with Crippen LogP contribution in [0.15, 0.2) is 72.4 Å². The van der Waals surface area contributed by atoms with E-state index < -0.39 is 11.8 Å². The van der Waals surface area contributed by atoms with Gasteiger partial charge in [-0.15, -0.1) is 0 Å². The van der Waals surface area contributed by atoms with Crippen molar-refractivity contribution in [3.05, 3.63) is 83.2 Å². The first kappa shape index (κ1) is 18.9. The molecule has 0 radical (unpaired) electrons. The maximum atomic E-state index is 13.1. The zero-order valence-electron chi connectivity index (χ0n) is 14.9. The molecule has 2 N–H and O–H groups in total. The molecular formula is C21H14ClN3O3S. The number of carbonyl (C=O) groups excluding carboxylic acids is 2. The molecule has 1 fully saturated rings. The molecule has 2 aromatic carbocycles. The second-order valence-electron chi connectivity index (χ2n) is 6.23. The number of hydrogen-bond acceptors (Lipinski definition) is 4. The molecule has 0 unspecified atom stereocenters. The van der Waals surface area contributed by atoms with Crippen LogP contribution in [0.3, 0.4) is 0 Å². The molecule has 0 bridgehead atoms. The minimum Gasteiger partial charge on any atom is -0.508 e. The molecule has 29 heavy (non-hydrogen) atoms. The Morgan fingerprint density at radius 3 is 2.45 bits per heavy atom. The number of phenolic OH excluding ortho intramolecular Hbond substituents is 1. The topological polar surface area (TPSA) is 74.6 Å². The third kappa shape index (κ3) is 3.53. The van der Waals surface area contributed by atoms with Crippen molar-refractivity contribution in [3.63, 3.8) is 0 Å². The smallest absolute Gasteiger partial charge is 0.270 e. The summed E-state index contributed by atoms with van der Waals surface area (Å²) in [6.45, 7) is 0. The van der Waals surface area contributed by atoms with Gasteiger partial charge in [-0.05, 0) is 66.8 Å². The van der Waals surface area contributed by atoms with Crippen molar-refractivity contribution in [1.29, 1.82) is 0 Å². The second-order valence-corrected chi connectivity index (χ2v) is 7.02. The lowest BCUT2D eigenvalue weighted by Gasteiger charge is -2.29. The van der Waals surface area contributed by atoms with Crippen LogP contribution in [0, 0.1) is 0 Å². The van der Waals surface area contributed by atoms with E-state index in [9.17, 15) is 14.7 Å². The van der Waals surface area contributed by atoms with Crippen LogP contribution >= 0.6 is 23.8 Å². The van der Waals surface area contributed by atoms with E-state index in [0.717, 1.165) is 5.69 Å². The van der Waals surface area contributed by atoms with Crippen LogP contribution < -0.4 is 10.2 Å². The average molecular weight is 424 g/mol. The Morgan fingerprint density at radius 2 is 1.72 bits per heavy atom. The Kier molecular flexibility index (Phi) is 4.92. The predicted molar refractivity (Wildman–Crippen MR) is 115 cm³/mol. The van der Waals surface area contributed by atoms with Crippen LogP contribution in [-0.4, -0.2) is 26.6 Å². The minimum atomic E-state index is -0.582. The molecular weight excluding hydrogens is 410 g/mol. The zero-order valence-corrected chi connectivity index (χ0v) is 16.4. The molecule has 1 saturated heterocycles. The molecule has 1 aliphatic rings. The quantitative estimate of drug-likeness (QED) is 0.383. The molecule has 8 heteroatoms. The SMILES string of the molecule is O=C1NC(=S)N(c2ccccc2Cl)C(=O)C1=Cc1cccn1-c1ccc(O)cc1. The van der Waals surface area contributed by atoms with Crippen molar-refractivity contribution in [1.82, 2.24) is 9.88 Å². The molecule has 0 saturated carbocycles. The number of halogens is 1. The molecule has 6 nitrogen and oxygen atoms in total. The van der Waals surface area contributed by atoms with Crippen LogP contribution in [0.4, 0.5) is 5.69 Å². The van der Waals surface area contributed by atoms with Gasteiger partial charge in [0.05, 0.1) is 10.7 Å². The molecule has 1 aromatic heterocycles. The molecule has 3 aromatic rings. The Bertz CT molecular complexity index is 1170. The number of aromatic hydroxyl groups is 1. The highest BCUT2D eigenvalue weighted by atomic mass is 35.5. The Labute approximate surface area is 176 Å². The van der Waals surface area contributed by atoms with Crippen LogP contribution in [0.5, 0.6) is 5.75 Å². The van der Waals surface area contributed by atoms with Gasteiger partial charge in [0.25, 0.3) is 11.8 Å². The van der Waals surface area contributed by atoms with E-state index in [0.29, 0.717) is 16.4 Å². The van der Waals surface area contributed by atoms with Crippen molar-refractivity contribution in [2.45, 2.75) is 0 Å². The zero-order chi connectivity index (χ0) is 20.5. The first-order valence-electron chi connectivity index (χ1n) is 8.58. The molecule has 4 rings (SSSR count). The average Bonchev–Trinajstić information content (AvgIpc) is 3.15. The number of anilines is 1. The van der Waals surface area contributed by atoms with E-state index in [4.69, 9.17) is 23.8 Å². The number of para-hydroxylation sites is 1. The fourth-order valence-electron chi connectivity index (χ4n) is 3.02. The highest BCUT2D eigenvalue weighted by Crippen LogP contribution is 2.29. The van der Waals surface area contributed by atoms with E-state index in [1.165, 1.54) is 11.0 Å². The van der Waals surface area contributed by atoms with Gasteiger partial charge in [-0.3, -0.25) is 19.8 Å². The lowest BCUT2D eigenvalue weighted by Crippen LogP contribution is -2.54. The second kappa shape index (κ2) is 7.54. The first-order chi connectivity index (χ1) is 14.0. The number of amides is 2. The molecule has 1 aliphatic heterocycles. The fraction of sp³-hybridized carbons (Fsp3) is 0. The van der Waals surface area contributed by atoms with Crippen LogP contribution in [-0.2, 0) is 9.59 Å². The first-order valence-corrected chi connectivity index (χ1v) is 9.37. The molecule has 144 valence electrons. The molecule has 2 heterocycles. The normalized spacial score (nSPS) is 15.7. The Balaban J connectivity index is 1.76. The van der Waals surface area contributed by atoms with Gasteiger partial charge in [0.1, 0.15) is 11.3 Å². The van der Waals surface area contributed by atoms with Crippen molar-refractivity contribution in [2.75, 3.05) is 4.90 Å². The number of thiocarbonyl (C=S) groups is 1. The number of benzene rings is 2. The number of hydrogen-bond donors (Lipinski definition) is 2. The van der Waals surface area contributed by atoms with Gasteiger partial charge in [-0.1, -0.05) is 23.7 Å². The van der Waals surface area contributed by atoms with Gasteiger partial charge in [0.2, 0.25) is 0 Å². The summed E-state index contributed by atoms with van der Waals surface area (Å²) in [5, 5.41) is 12.3. The number of nitrogens with zero attached hydrogens (tertiary/aromatic N) is 2. The third-order valence-corrected chi connectivity index (χ3v) is 5.00. The lowest BCUT2D eigenvalue weighted by molar-refractivity contribution is -0.122. The monoisotopic (exact) mass is 423 g/mol. The highest BCUT2D eigenvalue weighted by molar-refractivity contribution is 7.80. The van der Waals surface area contributed by atoms with Crippen LogP contribution in [0.25, 0.3) is 11.8 Å². The summed E-state index contributed by atoms with van der Waals surface area (Å²) in [5.41, 5.74) is 1.70. The summed E-state index contributed by atoms with van der Waals surface area (Å²) in [6, 6.07) is 16.9. The molecule has 0 spiro atoms. The van der Waals surface area contributed by atoms with Crippen molar-refractivity contribution in [2.24, 2.45) is 0 Å². The van der Waals surface area contributed by atoms with Gasteiger partial charge < -0.3 is 9.67 Å². The largest absolute Gasteiger partial charge is 0.508 e. The summed E-state index contributed by atoms with van der Waals surface area (Å²) in [6.07, 6.45) is 3.29. The Hall–Kier alpha value is -3.42. The predicted octanol–water partition coefficient (Wildman–Crippen LogP) is 3.67. The van der Waals surface area contributed by atoms with Crippen LogP contribution in [0.2, 0.25) is 5.02 Å². The van der Waals surface area contributed by atoms with Crippen molar-refractivity contribution < 1.29 is 14.7 Å². The van der Waals surface area contributed by atoms with Crippen LogP contribution in [0.1, 0.15) is 5.69 Å². The van der Waals surface area contributed by atoms with Crippen molar-refractivity contribution >= 4 is 52.5 Å². The number of rotatable bonds is 3. The fourth-order valence-corrected chi connectivity index (χ4v) is 3.51. The summed E-state index contributed by atoms with van der Waals surface area (Å²) < 4.78 is 1.79. The van der Waals surface area contributed by atoms with E-state index in [2.05, 4.69) is 5.32 Å². The van der Waals surface area contributed by atoms with E-state index >= 15 is 0 Å². The summed E-state index contributed by atoms with van der Waals surface area (Å²) in [7, 11) is 0. The highest BCUT2D eigenvalue weighted by Gasteiger charge is 2.35. The minimum absolute atomic E-state index is 0.0285. The van der Waals surface area contributed by atoms with Crippen molar-refractivity contribution in [3.8, 4) is 11.4 Å². The number of nitrogens with one attached hydrogen (secondary N) is 1. The summed E-state index contributed by atoms with van der Waals surface area (Å²) in [4.78, 5) is 26.8. The van der Waals surface area contributed by atoms with Gasteiger partial charge in [-0.2, -0.15) is 0 Å². The third-order valence-electron chi connectivity index (χ3n) is 4.40. The summed E-state index contributed by atoms with van der Waals surface area (Å²) >= 11 is 11.4. The molecule has 0 atom stereocenters. The molecule has 2 amide bonds. The Morgan fingerprint density at radius 1 is 1.00 bits per heavy atom.